The molecular formula is C10H7NO2. The monoisotopic (exact) mass is 173 g/mol. The van der Waals surface area contributed by atoms with Crippen LogP contribution in [0.3, 0.4) is 0 Å². The second kappa shape index (κ2) is 2.94. The molecule has 3 nitrogen and oxygen atoms in total. The Morgan fingerprint density at radius 2 is 1.92 bits per heavy atom. The second-order valence-electron chi connectivity index (χ2n) is 2.85. The molecule has 0 atom stereocenters. The van der Waals surface area contributed by atoms with E-state index in [0.29, 0.717) is 5.36 Å². The van der Waals surface area contributed by atoms with E-state index in [0.717, 1.165) is 5.22 Å². The summed E-state index contributed by atoms with van der Waals surface area (Å²) < 4.78 is 0. The minimum Gasteiger partial charge on any atom is -0.294 e. The number of nitrogens with zero attached hydrogens (tertiary/aromatic N) is 1. The lowest BCUT2D eigenvalue weighted by Gasteiger charge is -1.84. The highest BCUT2D eigenvalue weighted by Gasteiger charge is 2.08. The maximum Gasteiger partial charge on any atom is 0.254 e. The first-order chi connectivity index (χ1) is 6.25. The van der Waals surface area contributed by atoms with Crippen molar-refractivity contribution in [3.8, 4) is 0 Å². The van der Waals surface area contributed by atoms with Gasteiger partial charge < -0.3 is 0 Å². The van der Waals surface area contributed by atoms with Gasteiger partial charge in [0.2, 0.25) is 0 Å². The Kier molecular flexibility index (Phi) is 1.77. The van der Waals surface area contributed by atoms with Gasteiger partial charge in [-0.05, 0) is 12.1 Å². The number of fused-ring (bicyclic) bond motifs is 1. The van der Waals surface area contributed by atoms with E-state index in [4.69, 9.17) is 0 Å². The van der Waals surface area contributed by atoms with Crippen LogP contribution in [-0.2, 0) is 9.59 Å². The van der Waals surface area contributed by atoms with Crippen molar-refractivity contribution in [2.45, 2.75) is 6.42 Å². The predicted molar refractivity (Wildman–Crippen MR) is 46.3 cm³/mol. The molecule has 0 saturated heterocycles. The third-order valence-corrected chi connectivity index (χ3v) is 1.82. The molecule has 0 aliphatic carbocycles. The molecule has 1 aliphatic heterocycles. The number of hydrogen-bond donors (Lipinski definition) is 0. The Bertz CT molecular complexity index is 443. The Balaban J connectivity index is 2.82. The molecule has 1 heterocycles. The van der Waals surface area contributed by atoms with Crippen LogP contribution in [0.15, 0.2) is 29.3 Å². The number of ketones is 1. The fourth-order valence-electron chi connectivity index (χ4n) is 1.26. The van der Waals surface area contributed by atoms with Crippen molar-refractivity contribution in [1.82, 2.24) is 0 Å². The maximum atomic E-state index is 11.1. The number of para-hydroxylation sites is 1. The van der Waals surface area contributed by atoms with Gasteiger partial charge in [0.25, 0.3) is 5.91 Å². The van der Waals surface area contributed by atoms with Crippen LogP contribution in [0, 0.1) is 0 Å². The average molecular weight is 173 g/mol. The fraction of sp³-hybridized carbons (Fsp3) is 0.100. The smallest absolute Gasteiger partial charge is 0.254 e. The Morgan fingerprint density at radius 3 is 2.77 bits per heavy atom. The molecule has 3 heteroatoms. The van der Waals surface area contributed by atoms with Gasteiger partial charge in [-0.25, -0.2) is 4.99 Å². The molecule has 0 fully saturated rings. The number of carbonyl (C=O) groups is 2. The number of hydrogen-bond acceptors (Lipinski definition) is 2. The summed E-state index contributed by atoms with van der Waals surface area (Å²) in [6.07, 6.45) is 1.35. The molecule has 64 valence electrons. The normalized spacial score (nSPS) is 15.4. The number of amides is 1. The summed E-state index contributed by atoms with van der Waals surface area (Å²) in [5.41, 5.74) is 0. The van der Waals surface area contributed by atoms with E-state index in [1.165, 1.54) is 6.08 Å². The molecule has 2 rings (SSSR count). The lowest BCUT2D eigenvalue weighted by Crippen LogP contribution is -2.24. The summed E-state index contributed by atoms with van der Waals surface area (Å²) in [7, 11) is 0. The van der Waals surface area contributed by atoms with Gasteiger partial charge in [-0.2, -0.15) is 0 Å². The third-order valence-electron chi connectivity index (χ3n) is 1.82. The van der Waals surface area contributed by atoms with Gasteiger partial charge in [-0.3, -0.25) is 9.59 Å². The minimum atomic E-state index is -0.369. The molecule has 0 bridgehead atoms. The van der Waals surface area contributed by atoms with E-state index < -0.39 is 0 Å². The van der Waals surface area contributed by atoms with Crippen LogP contribution in [0.2, 0.25) is 0 Å². The summed E-state index contributed by atoms with van der Waals surface area (Å²) in [6, 6.07) is 7.10. The Labute approximate surface area is 74.4 Å². The van der Waals surface area contributed by atoms with Crippen molar-refractivity contribution in [1.29, 1.82) is 0 Å². The number of benzene rings is 1. The zero-order valence-electron chi connectivity index (χ0n) is 6.86. The van der Waals surface area contributed by atoms with Crippen molar-refractivity contribution in [2.75, 3.05) is 0 Å². The van der Waals surface area contributed by atoms with Gasteiger partial charge in [-0.15, -0.1) is 0 Å². The first-order valence-corrected chi connectivity index (χ1v) is 3.97. The molecule has 0 radical (unpaired) electrons. The van der Waals surface area contributed by atoms with Crippen LogP contribution in [0.5, 0.6) is 0 Å². The quantitative estimate of drug-likeness (QED) is 0.500. The first-order valence-electron chi connectivity index (χ1n) is 3.97. The molecule has 1 aromatic carbocycles. The molecule has 0 saturated carbocycles. The number of Topliss-reactive ketones (excluding diaryl/α,β-unsaturated/α-hetero) is 1. The third kappa shape index (κ3) is 1.54. The molecule has 1 aliphatic rings. The maximum absolute atomic E-state index is 11.1. The van der Waals surface area contributed by atoms with Crippen LogP contribution in [0.1, 0.15) is 6.42 Å². The lowest BCUT2D eigenvalue weighted by atomic mass is 10.2. The predicted octanol–water partition coefficient (Wildman–Crippen LogP) is -0.414. The van der Waals surface area contributed by atoms with E-state index in [-0.39, 0.29) is 18.1 Å². The highest BCUT2D eigenvalue weighted by Crippen LogP contribution is 1.90. The molecule has 0 aromatic heterocycles. The highest BCUT2D eigenvalue weighted by molar-refractivity contribution is 6.14. The van der Waals surface area contributed by atoms with E-state index >= 15 is 0 Å². The van der Waals surface area contributed by atoms with Gasteiger partial charge in [-0.1, -0.05) is 18.2 Å². The molecule has 1 amide bonds. The molecule has 0 N–H and O–H groups in total. The van der Waals surface area contributed by atoms with Crippen LogP contribution >= 0.6 is 0 Å². The average Bonchev–Trinajstić information content (AvgIpc) is 2.20. The molecule has 13 heavy (non-hydrogen) atoms. The zero-order valence-corrected chi connectivity index (χ0v) is 6.86. The van der Waals surface area contributed by atoms with Crippen molar-refractivity contribution in [2.24, 2.45) is 4.99 Å². The van der Waals surface area contributed by atoms with Gasteiger partial charge in [0.1, 0.15) is 0 Å². The summed E-state index contributed by atoms with van der Waals surface area (Å²) >= 11 is 0. The molecular weight excluding hydrogens is 166 g/mol. The van der Waals surface area contributed by atoms with Gasteiger partial charge in [0.15, 0.2) is 5.78 Å². The summed E-state index contributed by atoms with van der Waals surface area (Å²) in [5, 5.41) is 1.30. The standard InChI is InChI=1S/C10H7NO2/c12-8-5-7-3-1-2-4-9(7)11-10(13)6-8/h1-5H,6H2. The van der Waals surface area contributed by atoms with Gasteiger partial charge >= 0.3 is 0 Å². The topological polar surface area (TPSA) is 46.5 Å². The van der Waals surface area contributed by atoms with E-state index in [1.807, 2.05) is 6.07 Å². The van der Waals surface area contributed by atoms with E-state index in [1.54, 1.807) is 18.2 Å². The highest BCUT2D eigenvalue weighted by atomic mass is 16.2. The van der Waals surface area contributed by atoms with E-state index in [2.05, 4.69) is 4.99 Å². The number of rotatable bonds is 0. The fourth-order valence-corrected chi connectivity index (χ4v) is 1.26. The lowest BCUT2D eigenvalue weighted by molar-refractivity contribution is -0.123. The van der Waals surface area contributed by atoms with Crippen LogP contribution < -0.4 is 10.6 Å². The largest absolute Gasteiger partial charge is 0.294 e. The van der Waals surface area contributed by atoms with E-state index in [9.17, 15) is 9.59 Å². The Morgan fingerprint density at radius 1 is 1.15 bits per heavy atom. The molecule has 0 unspecified atom stereocenters. The van der Waals surface area contributed by atoms with Crippen molar-refractivity contribution in [3.63, 3.8) is 0 Å². The molecule has 1 aromatic rings. The SMILES string of the molecule is O=C1C=c2ccccc2=NC(=O)C1. The summed E-state index contributed by atoms with van der Waals surface area (Å²) in [5.74, 6) is -0.551. The second-order valence-corrected chi connectivity index (χ2v) is 2.85. The summed E-state index contributed by atoms with van der Waals surface area (Å²) in [4.78, 5) is 26.0. The van der Waals surface area contributed by atoms with Crippen molar-refractivity contribution in [3.05, 3.63) is 34.8 Å². The zero-order chi connectivity index (χ0) is 9.26. The number of carbonyl (C=O) groups excluding carboxylic acids is 2. The van der Waals surface area contributed by atoms with Gasteiger partial charge in [0.05, 0.1) is 11.8 Å². The van der Waals surface area contributed by atoms with Crippen molar-refractivity contribution >= 4 is 17.8 Å². The minimum absolute atomic E-state index is 0.116. The van der Waals surface area contributed by atoms with Crippen LogP contribution in [-0.4, -0.2) is 11.7 Å². The van der Waals surface area contributed by atoms with Crippen LogP contribution in [0.25, 0.3) is 6.08 Å². The van der Waals surface area contributed by atoms with Gasteiger partial charge in [0, 0.05) is 5.22 Å². The summed E-state index contributed by atoms with van der Waals surface area (Å²) in [6.45, 7) is 0. The molecule has 0 spiro atoms. The Hall–Kier alpha value is -1.77. The first kappa shape index (κ1) is 7.86. The van der Waals surface area contributed by atoms with Crippen molar-refractivity contribution < 1.29 is 9.59 Å². The van der Waals surface area contributed by atoms with Crippen LogP contribution in [0.4, 0.5) is 0 Å².